The molecule has 4 fully saturated rings. The van der Waals surface area contributed by atoms with Crippen LogP contribution in [-0.4, -0.2) is 131 Å². The molecule has 0 radical (unpaired) electrons. The van der Waals surface area contributed by atoms with Gasteiger partial charge in [-0.2, -0.15) is 5.26 Å². The quantitative estimate of drug-likeness (QED) is 0.354. The predicted molar refractivity (Wildman–Crippen MR) is 149 cm³/mol. The molecule has 13 nitrogen and oxygen atoms in total. The molecule has 228 valence electrons. The van der Waals surface area contributed by atoms with E-state index in [1.165, 1.54) is 4.90 Å². The third-order valence-corrected chi connectivity index (χ3v) is 8.34. The van der Waals surface area contributed by atoms with Crippen molar-refractivity contribution in [3.05, 3.63) is 35.4 Å². The van der Waals surface area contributed by atoms with Crippen LogP contribution in [0.5, 0.6) is 0 Å². The molecule has 0 saturated carbocycles. The molecule has 4 aliphatic heterocycles. The van der Waals surface area contributed by atoms with Crippen molar-refractivity contribution in [3.63, 3.8) is 0 Å². The lowest BCUT2D eigenvalue weighted by molar-refractivity contribution is -0.144. The number of carbonyl (C=O) groups is 3. The Morgan fingerprint density at radius 2 is 1.86 bits per heavy atom. The van der Waals surface area contributed by atoms with E-state index in [4.69, 9.17) is 14.7 Å². The Hall–Kier alpha value is -3.28. The van der Waals surface area contributed by atoms with Crippen molar-refractivity contribution in [3.8, 4) is 6.07 Å². The van der Waals surface area contributed by atoms with Crippen LogP contribution >= 0.6 is 0 Å². The van der Waals surface area contributed by atoms with Gasteiger partial charge in [0.1, 0.15) is 18.3 Å². The van der Waals surface area contributed by atoms with E-state index >= 15 is 0 Å². The number of hydrogen-bond donors (Lipinski definition) is 4. The number of aliphatic hydroxyl groups excluding tert-OH is 2. The van der Waals surface area contributed by atoms with Gasteiger partial charge < -0.3 is 40.1 Å². The Morgan fingerprint density at radius 1 is 1.12 bits per heavy atom. The van der Waals surface area contributed by atoms with E-state index in [2.05, 4.69) is 16.7 Å². The summed E-state index contributed by atoms with van der Waals surface area (Å²) in [6, 6.07) is 8.01. The van der Waals surface area contributed by atoms with Gasteiger partial charge in [-0.1, -0.05) is 12.1 Å². The van der Waals surface area contributed by atoms with Crippen LogP contribution in [0, 0.1) is 11.3 Å². The molecule has 5 rings (SSSR count). The number of nitrogens with zero attached hydrogens (tertiary/aromatic N) is 4. The van der Waals surface area contributed by atoms with E-state index in [-0.39, 0.29) is 56.0 Å². The first-order valence-electron chi connectivity index (χ1n) is 14.6. The number of nitriles is 1. The maximum atomic E-state index is 13.9. The van der Waals surface area contributed by atoms with E-state index in [1.54, 1.807) is 17.0 Å². The zero-order valence-corrected chi connectivity index (χ0v) is 24.0. The average Bonchev–Trinajstić information content (AvgIpc) is 3.47. The molecule has 0 unspecified atom stereocenters. The van der Waals surface area contributed by atoms with Gasteiger partial charge in [-0.25, -0.2) is 4.79 Å². The van der Waals surface area contributed by atoms with Crippen LogP contribution in [0.25, 0.3) is 0 Å². The van der Waals surface area contributed by atoms with E-state index in [0.29, 0.717) is 38.2 Å². The Labute approximate surface area is 245 Å². The summed E-state index contributed by atoms with van der Waals surface area (Å²) < 4.78 is 11.9. The zero-order chi connectivity index (χ0) is 30.0. The highest BCUT2D eigenvalue weighted by molar-refractivity contribution is 5.83. The lowest BCUT2D eigenvalue weighted by Gasteiger charge is -2.38. The molecule has 4 amide bonds. The standard InChI is InChI=1S/C29H40N6O7/c1-17(2)31-29(40)35-15-21-14-33(7-8-41-21)28(39)22-9-20(13-34(22)12-19-5-3-18(11-30)4-6-19)32-25(36)10-23-26(37)27(38)24(16-35)42-23/h3-6,17,20-24,26-27,37-38H,7-10,12-16H2,1-2H3,(H,31,40)(H,32,36)/t20-,21-,22-,23-,24+,26-,27+/m0/s1. The summed E-state index contributed by atoms with van der Waals surface area (Å²) in [7, 11) is 0. The lowest BCUT2D eigenvalue weighted by Crippen LogP contribution is -2.56. The van der Waals surface area contributed by atoms with Gasteiger partial charge in [0, 0.05) is 38.3 Å². The van der Waals surface area contributed by atoms with E-state index in [0.717, 1.165) is 5.56 Å². The highest BCUT2D eigenvalue weighted by Crippen LogP contribution is 2.27. The first kappa shape index (κ1) is 30.2. The highest BCUT2D eigenvalue weighted by atomic mass is 16.5. The molecular weight excluding hydrogens is 544 g/mol. The third-order valence-electron chi connectivity index (χ3n) is 8.34. The van der Waals surface area contributed by atoms with E-state index in [9.17, 15) is 24.6 Å². The molecule has 6 bridgehead atoms. The normalized spacial score (nSPS) is 32.5. The number of rotatable bonds is 3. The second-order valence-electron chi connectivity index (χ2n) is 11.9. The van der Waals surface area contributed by atoms with Crippen molar-refractivity contribution in [2.75, 3.05) is 39.3 Å². The molecule has 13 heteroatoms. The van der Waals surface area contributed by atoms with Gasteiger partial charge in [0.2, 0.25) is 11.8 Å². The topological polar surface area (TPSA) is 168 Å². The molecule has 1 aromatic carbocycles. The summed E-state index contributed by atoms with van der Waals surface area (Å²) in [5.41, 5.74) is 1.49. The van der Waals surface area contributed by atoms with Crippen LogP contribution in [0.4, 0.5) is 4.79 Å². The molecule has 0 aliphatic carbocycles. The molecular formula is C29H40N6O7. The molecule has 42 heavy (non-hydrogen) atoms. The number of aliphatic hydroxyl groups is 2. The second-order valence-corrected chi connectivity index (χ2v) is 11.9. The minimum absolute atomic E-state index is 0.0215. The van der Waals surface area contributed by atoms with Gasteiger partial charge in [-0.05, 0) is 38.0 Å². The van der Waals surface area contributed by atoms with Gasteiger partial charge in [0.25, 0.3) is 0 Å². The number of carbonyl (C=O) groups excluding carboxylic acids is 3. The fraction of sp³-hybridized carbons (Fsp3) is 0.655. The Bertz CT molecular complexity index is 1190. The summed E-state index contributed by atoms with van der Waals surface area (Å²) in [5.74, 6) is -0.413. The predicted octanol–water partition coefficient (Wildman–Crippen LogP) is -0.842. The molecule has 7 atom stereocenters. The largest absolute Gasteiger partial charge is 0.388 e. The SMILES string of the molecule is CC(C)NC(=O)N1C[C@@H]2CN(CCO2)C(=O)[C@@H]2C[C@@H](CN2Cc2ccc(C#N)cc2)NC(=O)C[C@@H]2O[C@H](C1)[C@@H](O)[C@H]2O. The maximum absolute atomic E-state index is 13.9. The van der Waals surface area contributed by atoms with Gasteiger partial charge in [0.15, 0.2) is 0 Å². The number of amides is 4. The Balaban J connectivity index is 1.40. The summed E-state index contributed by atoms with van der Waals surface area (Å²) in [6.45, 7) is 5.70. The van der Waals surface area contributed by atoms with Gasteiger partial charge >= 0.3 is 6.03 Å². The van der Waals surface area contributed by atoms with Crippen molar-refractivity contribution in [1.29, 1.82) is 5.26 Å². The minimum atomic E-state index is -1.29. The van der Waals surface area contributed by atoms with Crippen LogP contribution in [0.15, 0.2) is 24.3 Å². The molecule has 1 aromatic rings. The number of ether oxygens (including phenoxy) is 2. The van der Waals surface area contributed by atoms with Crippen molar-refractivity contribution in [2.45, 2.75) is 81.9 Å². The Morgan fingerprint density at radius 3 is 2.57 bits per heavy atom. The molecule has 4 aliphatic rings. The first-order chi connectivity index (χ1) is 20.1. The van der Waals surface area contributed by atoms with Gasteiger partial charge in [0.05, 0.1) is 56.0 Å². The molecule has 4 N–H and O–H groups in total. The number of hydrogen-bond acceptors (Lipinski definition) is 9. The summed E-state index contributed by atoms with van der Waals surface area (Å²) >= 11 is 0. The first-order valence-corrected chi connectivity index (χ1v) is 14.6. The highest BCUT2D eigenvalue weighted by Gasteiger charge is 2.46. The van der Waals surface area contributed by atoms with Crippen molar-refractivity contribution < 1.29 is 34.1 Å². The minimum Gasteiger partial charge on any atom is -0.388 e. The van der Waals surface area contributed by atoms with E-state index < -0.39 is 36.6 Å². The van der Waals surface area contributed by atoms with Crippen molar-refractivity contribution >= 4 is 17.8 Å². The number of urea groups is 1. The van der Waals surface area contributed by atoms with Crippen LogP contribution in [0.1, 0.15) is 37.8 Å². The zero-order valence-electron chi connectivity index (χ0n) is 24.0. The van der Waals surface area contributed by atoms with Gasteiger partial charge in [-0.15, -0.1) is 0 Å². The van der Waals surface area contributed by atoms with E-state index in [1.807, 2.05) is 30.9 Å². The van der Waals surface area contributed by atoms with Crippen molar-refractivity contribution in [2.24, 2.45) is 0 Å². The third kappa shape index (κ3) is 6.85. The maximum Gasteiger partial charge on any atom is 0.317 e. The summed E-state index contributed by atoms with van der Waals surface area (Å²) in [5, 5.41) is 36.5. The van der Waals surface area contributed by atoms with Crippen LogP contribution < -0.4 is 10.6 Å². The fourth-order valence-corrected chi connectivity index (χ4v) is 6.26. The number of benzene rings is 1. The average molecular weight is 585 g/mol. The number of likely N-dealkylation sites (tertiary alicyclic amines) is 1. The van der Waals surface area contributed by atoms with Crippen LogP contribution in [-0.2, 0) is 25.6 Å². The number of nitrogens with one attached hydrogen (secondary N) is 2. The van der Waals surface area contributed by atoms with Crippen LogP contribution in [0.2, 0.25) is 0 Å². The van der Waals surface area contributed by atoms with Gasteiger partial charge in [-0.3, -0.25) is 14.5 Å². The summed E-state index contributed by atoms with van der Waals surface area (Å²) in [6.07, 6.45) is -4.64. The smallest absolute Gasteiger partial charge is 0.317 e. The lowest BCUT2D eigenvalue weighted by atomic mass is 10.0. The summed E-state index contributed by atoms with van der Waals surface area (Å²) in [4.78, 5) is 45.4. The molecule has 4 saturated heterocycles. The number of fused-ring (bicyclic) bond motifs is 6. The molecule has 0 aromatic heterocycles. The Kier molecular flexibility index (Phi) is 9.29. The fourth-order valence-electron chi connectivity index (χ4n) is 6.26. The molecule has 4 heterocycles. The second kappa shape index (κ2) is 12.9. The molecule has 0 spiro atoms. The van der Waals surface area contributed by atoms with Crippen LogP contribution in [0.3, 0.4) is 0 Å². The monoisotopic (exact) mass is 584 g/mol. The number of morpholine rings is 1. The van der Waals surface area contributed by atoms with Crippen molar-refractivity contribution in [1.82, 2.24) is 25.3 Å².